The van der Waals surface area contributed by atoms with Crippen LogP contribution in [-0.4, -0.2) is 13.2 Å². The molecule has 1 fully saturated rings. The van der Waals surface area contributed by atoms with Gasteiger partial charge < -0.3 is 4.74 Å². The van der Waals surface area contributed by atoms with Gasteiger partial charge in [0.25, 0.3) is 0 Å². The average molecular weight is 243 g/mol. The largest absolute Gasteiger partial charge is 0.379 e. The van der Waals surface area contributed by atoms with E-state index in [-0.39, 0.29) is 5.41 Å². The molecule has 0 N–H and O–H groups in total. The highest BCUT2D eigenvalue weighted by Gasteiger charge is 2.52. The molecule has 0 aliphatic carbocycles. The first-order chi connectivity index (χ1) is 8.43. The summed E-state index contributed by atoms with van der Waals surface area (Å²) in [5.41, 5.74) is 2.02. The maximum atomic E-state index is 9.39. The third kappa shape index (κ3) is 1.83. The number of nitriles is 1. The van der Waals surface area contributed by atoms with Gasteiger partial charge in [0.15, 0.2) is 0 Å². The number of ether oxygens (including phenoxy) is 1. The molecule has 1 aromatic carbocycles. The van der Waals surface area contributed by atoms with E-state index in [1.54, 1.807) is 0 Å². The Morgan fingerprint density at radius 1 is 1.22 bits per heavy atom. The first-order valence-corrected chi connectivity index (χ1v) is 6.52. The van der Waals surface area contributed by atoms with Gasteiger partial charge in [-0.2, -0.15) is 5.26 Å². The molecule has 0 radical (unpaired) electrons. The molecule has 0 amide bonds. The topological polar surface area (TPSA) is 33.0 Å². The van der Waals surface area contributed by atoms with Crippen molar-refractivity contribution in [2.24, 2.45) is 5.41 Å². The average Bonchev–Trinajstić information content (AvgIpc) is 2.28. The van der Waals surface area contributed by atoms with Crippen molar-refractivity contribution in [3.63, 3.8) is 0 Å². The van der Waals surface area contributed by atoms with Crippen molar-refractivity contribution in [3.8, 4) is 6.07 Å². The monoisotopic (exact) mass is 243 g/mol. The standard InChI is InChI=1S/C16H21NO/c1-12(2)13-5-7-14(8-6-13)16(10-18-11-16)15(3,4)9-17/h5-8,12H,10-11H2,1-4H3. The van der Waals surface area contributed by atoms with E-state index in [0.717, 1.165) is 0 Å². The molecule has 0 aromatic heterocycles. The van der Waals surface area contributed by atoms with E-state index < -0.39 is 5.41 Å². The van der Waals surface area contributed by atoms with Crippen molar-refractivity contribution in [1.29, 1.82) is 5.26 Å². The van der Waals surface area contributed by atoms with Crippen LogP contribution in [-0.2, 0) is 10.2 Å². The van der Waals surface area contributed by atoms with Crippen molar-refractivity contribution in [2.75, 3.05) is 13.2 Å². The van der Waals surface area contributed by atoms with Crippen molar-refractivity contribution >= 4 is 0 Å². The molecule has 0 atom stereocenters. The van der Waals surface area contributed by atoms with Crippen LogP contribution >= 0.6 is 0 Å². The van der Waals surface area contributed by atoms with Crippen molar-refractivity contribution < 1.29 is 4.74 Å². The summed E-state index contributed by atoms with van der Waals surface area (Å²) in [5.74, 6) is 0.539. The Kier molecular flexibility index (Phi) is 3.21. The quantitative estimate of drug-likeness (QED) is 0.812. The summed E-state index contributed by atoms with van der Waals surface area (Å²) in [5, 5.41) is 9.39. The Hall–Kier alpha value is -1.33. The van der Waals surface area contributed by atoms with E-state index in [1.165, 1.54) is 11.1 Å². The number of hydrogen-bond acceptors (Lipinski definition) is 2. The highest BCUT2D eigenvalue weighted by Crippen LogP contribution is 2.47. The van der Waals surface area contributed by atoms with Gasteiger partial charge in [-0.1, -0.05) is 38.1 Å². The van der Waals surface area contributed by atoms with Crippen molar-refractivity contribution in [1.82, 2.24) is 0 Å². The van der Waals surface area contributed by atoms with Crippen molar-refractivity contribution in [2.45, 2.75) is 39.0 Å². The summed E-state index contributed by atoms with van der Waals surface area (Å²) in [6.07, 6.45) is 0. The Bertz CT molecular complexity index is 461. The first-order valence-electron chi connectivity index (χ1n) is 6.52. The molecule has 2 heteroatoms. The molecule has 0 unspecified atom stereocenters. The minimum absolute atomic E-state index is 0.142. The molecule has 0 spiro atoms. The van der Waals surface area contributed by atoms with Gasteiger partial charge in [0.2, 0.25) is 0 Å². The predicted molar refractivity (Wildman–Crippen MR) is 72.4 cm³/mol. The van der Waals surface area contributed by atoms with Gasteiger partial charge in [-0.25, -0.2) is 0 Å². The lowest BCUT2D eigenvalue weighted by molar-refractivity contribution is -0.102. The molecular weight excluding hydrogens is 222 g/mol. The fourth-order valence-electron chi connectivity index (χ4n) is 2.49. The Morgan fingerprint density at radius 2 is 1.78 bits per heavy atom. The molecule has 2 nitrogen and oxygen atoms in total. The molecule has 1 aliphatic heterocycles. The second-order valence-corrected chi connectivity index (χ2v) is 6.09. The van der Waals surface area contributed by atoms with Gasteiger partial charge in [0.05, 0.1) is 30.1 Å². The lowest BCUT2D eigenvalue weighted by Gasteiger charge is -2.49. The van der Waals surface area contributed by atoms with Crippen LogP contribution in [0.5, 0.6) is 0 Å². The molecule has 18 heavy (non-hydrogen) atoms. The molecule has 2 rings (SSSR count). The Labute approximate surface area is 110 Å². The van der Waals surface area contributed by atoms with E-state index in [2.05, 4.69) is 44.2 Å². The predicted octanol–water partition coefficient (Wildman–Crippen LogP) is 3.63. The number of nitrogens with zero attached hydrogens (tertiary/aromatic N) is 1. The zero-order valence-electron chi connectivity index (χ0n) is 11.7. The number of benzene rings is 1. The maximum absolute atomic E-state index is 9.39. The van der Waals surface area contributed by atoms with Crippen LogP contribution in [0, 0.1) is 16.7 Å². The minimum atomic E-state index is -0.398. The summed E-state index contributed by atoms with van der Waals surface area (Å²) < 4.78 is 5.41. The summed E-state index contributed by atoms with van der Waals surface area (Å²) in [7, 11) is 0. The molecule has 1 aromatic rings. The second-order valence-electron chi connectivity index (χ2n) is 6.09. The van der Waals surface area contributed by atoms with E-state index >= 15 is 0 Å². The zero-order chi connectivity index (χ0) is 13.4. The molecule has 0 saturated carbocycles. The minimum Gasteiger partial charge on any atom is -0.379 e. The van der Waals surface area contributed by atoms with Crippen LogP contribution in [0.3, 0.4) is 0 Å². The van der Waals surface area contributed by atoms with Crippen LogP contribution in [0.15, 0.2) is 24.3 Å². The highest BCUT2D eigenvalue weighted by molar-refractivity contribution is 5.36. The second kappa shape index (κ2) is 4.40. The number of hydrogen-bond donors (Lipinski definition) is 0. The lowest BCUT2D eigenvalue weighted by Crippen LogP contribution is -2.56. The Balaban J connectivity index is 2.38. The van der Waals surface area contributed by atoms with Crippen molar-refractivity contribution in [3.05, 3.63) is 35.4 Å². The summed E-state index contributed by atoms with van der Waals surface area (Å²) in [4.78, 5) is 0. The Morgan fingerprint density at radius 3 is 2.11 bits per heavy atom. The third-order valence-corrected chi connectivity index (χ3v) is 4.30. The maximum Gasteiger partial charge on any atom is 0.0695 e. The van der Waals surface area contributed by atoms with Crippen LogP contribution in [0.2, 0.25) is 0 Å². The molecule has 96 valence electrons. The normalized spacial score (nSPS) is 18.2. The van der Waals surface area contributed by atoms with Crippen LogP contribution < -0.4 is 0 Å². The third-order valence-electron chi connectivity index (χ3n) is 4.30. The first kappa shape index (κ1) is 13.1. The molecular formula is C16H21NO. The fraction of sp³-hybridized carbons (Fsp3) is 0.562. The van der Waals surface area contributed by atoms with Crippen LogP contribution in [0.4, 0.5) is 0 Å². The van der Waals surface area contributed by atoms with E-state index in [9.17, 15) is 5.26 Å². The molecule has 1 heterocycles. The van der Waals surface area contributed by atoms with Gasteiger partial charge in [-0.15, -0.1) is 0 Å². The molecule has 1 saturated heterocycles. The van der Waals surface area contributed by atoms with E-state index in [0.29, 0.717) is 19.1 Å². The lowest BCUT2D eigenvalue weighted by atomic mass is 9.61. The smallest absolute Gasteiger partial charge is 0.0695 e. The van der Waals surface area contributed by atoms with Crippen LogP contribution in [0.25, 0.3) is 0 Å². The fourth-order valence-corrected chi connectivity index (χ4v) is 2.49. The van der Waals surface area contributed by atoms with E-state index in [4.69, 9.17) is 4.74 Å². The van der Waals surface area contributed by atoms with Gasteiger partial charge in [0, 0.05) is 0 Å². The van der Waals surface area contributed by atoms with Gasteiger partial charge in [-0.3, -0.25) is 0 Å². The molecule has 0 bridgehead atoms. The summed E-state index contributed by atoms with van der Waals surface area (Å²) in [6.45, 7) is 9.69. The van der Waals surface area contributed by atoms with Crippen LogP contribution in [0.1, 0.15) is 44.7 Å². The number of rotatable bonds is 3. The van der Waals surface area contributed by atoms with E-state index in [1.807, 2.05) is 13.8 Å². The van der Waals surface area contributed by atoms with Gasteiger partial charge >= 0.3 is 0 Å². The highest BCUT2D eigenvalue weighted by atomic mass is 16.5. The SMILES string of the molecule is CC(C)c1ccc(C2(C(C)(C)C#N)COC2)cc1. The van der Waals surface area contributed by atoms with Gasteiger partial charge in [-0.05, 0) is 30.9 Å². The molecule has 1 aliphatic rings. The zero-order valence-corrected chi connectivity index (χ0v) is 11.7. The summed E-state index contributed by atoms with van der Waals surface area (Å²) in [6, 6.07) is 11.1. The van der Waals surface area contributed by atoms with Gasteiger partial charge in [0.1, 0.15) is 0 Å². The summed E-state index contributed by atoms with van der Waals surface area (Å²) >= 11 is 0.